The molecule has 1 amide bonds. The van der Waals surface area contributed by atoms with Crippen LogP contribution in [0.2, 0.25) is 0 Å². The van der Waals surface area contributed by atoms with Gasteiger partial charge in [-0.3, -0.25) is 9.59 Å². The molecule has 4 nitrogen and oxygen atoms in total. The standard InChI is InChI=1S/C9H15NO3/c1-5-10(7-11)6-8(12)13-9(2,3)4/h5,7H,1,6H2,2-4H3. The van der Waals surface area contributed by atoms with Gasteiger partial charge < -0.3 is 9.64 Å². The van der Waals surface area contributed by atoms with Gasteiger partial charge in [0.05, 0.1) is 0 Å². The lowest BCUT2D eigenvalue weighted by atomic mass is 10.2. The van der Waals surface area contributed by atoms with Crippen molar-refractivity contribution in [3.8, 4) is 0 Å². The van der Waals surface area contributed by atoms with E-state index in [9.17, 15) is 9.59 Å². The average Bonchev–Trinajstić information content (AvgIpc) is 1.96. The van der Waals surface area contributed by atoms with Crippen LogP contribution in [0.4, 0.5) is 0 Å². The van der Waals surface area contributed by atoms with Gasteiger partial charge in [0.15, 0.2) is 0 Å². The fraction of sp³-hybridized carbons (Fsp3) is 0.556. The highest BCUT2D eigenvalue weighted by atomic mass is 16.6. The number of esters is 1. The first-order valence-electron chi connectivity index (χ1n) is 3.94. The van der Waals surface area contributed by atoms with Crippen molar-refractivity contribution in [2.45, 2.75) is 26.4 Å². The van der Waals surface area contributed by atoms with Gasteiger partial charge in [0, 0.05) is 0 Å². The van der Waals surface area contributed by atoms with Crippen LogP contribution in [0, 0.1) is 0 Å². The fourth-order valence-corrected chi connectivity index (χ4v) is 0.668. The minimum Gasteiger partial charge on any atom is -0.459 e. The maximum Gasteiger partial charge on any atom is 0.326 e. The van der Waals surface area contributed by atoms with E-state index in [0.717, 1.165) is 4.90 Å². The second-order valence-electron chi connectivity index (χ2n) is 3.55. The molecule has 0 radical (unpaired) electrons. The van der Waals surface area contributed by atoms with Crippen molar-refractivity contribution in [2.24, 2.45) is 0 Å². The van der Waals surface area contributed by atoms with E-state index < -0.39 is 11.6 Å². The molecule has 0 spiro atoms. The second-order valence-corrected chi connectivity index (χ2v) is 3.55. The van der Waals surface area contributed by atoms with E-state index in [4.69, 9.17) is 4.74 Å². The van der Waals surface area contributed by atoms with Crippen molar-refractivity contribution in [3.63, 3.8) is 0 Å². The molecule has 0 saturated heterocycles. The molecule has 0 unspecified atom stereocenters. The quantitative estimate of drug-likeness (QED) is 0.483. The van der Waals surface area contributed by atoms with Crippen LogP contribution in [0.3, 0.4) is 0 Å². The fourth-order valence-electron chi connectivity index (χ4n) is 0.668. The number of carbonyl (C=O) groups is 2. The monoisotopic (exact) mass is 185 g/mol. The number of hydrogen-bond acceptors (Lipinski definition) is 3. The summed E-state index contributed by atoms with van der Waals surface area (Å²) in [5.74, 6) is -0.445. The Balaban J connectivity index is 4.00. The summed E-state index contributed by atoms with van der Waals surface area (Å²) in [7, 11) is 0. The van der Waals surface area contributed by atoms with Crippen LogP contribution in [0.1, 0.15) is 20.8 Å². The molecule has 0 saturated carbocycles. The van der Waals surface area contributed by atoms with Crippen LogP contribution in [0.15, 0.2) is 12.8 Å². The SMILES string of the molecule is C=CN(C=O)CC(=O)OC(C)(C)C. The zero-order chi connectivity index (χ0) is 10.5. The lowest BCUT2D eigenvalue weighted by Gasteiger charge is -2.20. The first kappa shape index (κ1) is 11.7. The minimum absolute atomic E-state index is 0.0930. The van der Waals surface area contributed by atoms with Gasteiger partial charge in [-0.05, 0) is 27.0 Å². The summed E-state index contributed by atoms with van der Waals surface area (Å²) < 4.78 is 4.98. The molecular weight excluding hydrogens is 170 g/mol. The third kappa shape index (κ3) is 5.90. The summed E-state index contributed by atoms with van der Waals surface area (Å²) in [6.45, 7) is 8.58. The highest BCUT2D eigenvalue weighted by molar-refractivity contribution is 5.74. The maximum atomic E-state index is 11.1. The number of rotatable bonds is 4. The lowest BCUT2D eigenvalue weighted by molar-refractivity contribution is -0.156. The molecule has 0 aromatic heterocycles. The van der Waals surface area contributed by atoms with E-state index in [1.54, 1.807) is 20.8 Å². The van der Waals surface area contributed by atoms with Crippen LogP contribution in [0.5, 0.6) is 0 Å². The van der Waals surface area contributed by atoms with Gasteiger partial charge in [0.25, 0.3) is 0 Å². The Morgan fingerprint density at radius 3 is 2.38 bits per heavy atom. The third-order valence-corrected chi connectivity index (χ3v) is 1.10. The van der Waals surface area contributed by atoms with Crippen molar-refractivity contribution < 1.29 is 14.3 Å². The van der Waals surface area contributed by atoms with Gasteiger partial charge in [-0.15, -0.1) is 0 Å². The van der Waals surface area contributed by atoms with E-state index in [1.807, 2.05) is 0 Å². The molecule has 13 heavy (non-hydrogen) atoms. The van der Waals surface area contributed by atoms with E-state index in [0.29, 0.717) is 6.41 Å². The lowest BCUT2D eigenvalue weighted by Crippen LogP contribution is -2.31. The number of nitrogens with zero attached hydrogens (tertiary/aromatic N) is 1. The van der Waals surface area contributed by atoms with Gasteiger partial charge in [-0.1, -0.05) is 6.58 Å². The van der Waals surface area contributed by atoms with Crippen LogP contribution >= 0.6 is 0 Å². The molecule has 74 valence electrons. The van der Waals surface area contributed by atoms with Crippen LogP contribution < -0.4 is 0 Å². The van der Waals surface area contributed by atoms with Crippen LogP contribution in [0.25, 0.3) is 0 Å². The predicted molar refractivity (Wildman–Crippen MR) is 48.8 cm³/mol. The third-order valence-electron chi connectivity index (χ3n) is 1.10. The van der Waals surface area contributed by atoms with Crippen molar-refractivity contribution in [1.29, 1.82) is 0 Å². The van der Waals surface area contributed by atoms with E-state index in [2.05, 4.69) is 6.58 Å². The molecule has 0 aromatic rings. The normalized spacial score (nSPS) is 10.4. The Kier molecular flexibility index (Phi) is 4.17. The highest BCUT2D eigenvalue weighted by Crippen LogP contribution is 2.06. The number of amides is 1. The molecule has 0 aliphatic heterocycles. The zero-order valence-electron chi connectivity index (χ0n) is 8.24. The molecule has 4 heteroatoms. The Hall–Kier alpha value is -1.32. The first-order chi connectivity index (χ1) is 5.89. The molecule has 0 N–H and O–H groups in total. The molecule has 0 aliphatic rings. The molecule has 0 rings (SSSR count). The van der Waals surface area contributed by atoms with Crippen molar-refractivity contribution in [1.82, 2.24) is 4.90 Å². The smallest absolute Gasteiger partial charge is 0.326 e. The topological polar surface area (TPSA) is 46.6 Å². The number of hydrogen-bond donors (Lipinski definition) is 0. The Labute approximate surface area is 78.2 Å². The molecule has 0 bridgehead atoms. The Morgan fingerprint density at radius 2 is 2.08 bits per heavy atom. The summed E-state index contributed by atoms with van der Waals surface area (Å²) in [5, 5.41) is 0. The van der Waals surface area contributed by atoms with Crippen molar-refractivity contribution in [2.75, 3.05) is 6.54 Å². The summed E-state index contributed by atoms with van der Waals surface area (Å²) in [6, 6.07) is 0. The van der Waals surface area contributed by atoms with Gasteiger partial charge in [-0.2, -0.15) is 0 Å². The van der Waals surface area contributed by atoms with Gasteiger partial charge in [0.2, 0.25) is 6.41 Å². The highest BCUT2D eigenvalue weighted by Gasteiger charge is 2.17. The van der Waals surface area contributed by atoms with Crippen molar-refractivity contribution >= 4 is 12.4 Å². The van der Waals surface area contributed by atoms with Crippen LogP contribution in [-0.2, 0) is 14.3 Å². The number of carbonyl (C=O) groups excluding carboxylic acids is 2. The molecule has 0 aromatic carbocycles. The molecule has 0 aliphatic carbocycles. The van der Waals surface area contributed by atoms with E-state index in [1.165, 1.54) is 6.20 Å². The molecule has 0 fully saturated rings. The molecule has 0 heterocycles. The van der Waals surface area contributed by atoms with Gasteiger partial charge in [0.1, 0.15) is 12.1 Å². The average molecular weight is 185 g/mol. The first-order valence-corrected chi connectivity index (χ1v) is 3.94. The van der Waals surface area contributed by atoms with Gasteiger partial charge >= 0.3 is 5.97 Å². The largest absolute Gasteiger partial charge is 0.459 e. The van der Waals surface area contributed by atoms with E-state index >= 15 is 0 Å². The van der Waals surface area contributed by atoms with E-state index in [-0.39, 0.29) is 6.54 Å². The Morgan fingerprint density at radius 1 is 1.54 bits per heavy atom. The second kappa shape index (κ2) is 4.64. The molecule has 0 atom stereocenters. The summed E-state index contributed by atoms with van der Waals surface area (Å²) in [4.78, 5) is 22.5. The number of ether oxygens (including phenoxy) is 1. The van der Waals surface area contributed by atoms with Crippen molar-refractivity contribution in [3.05, 3.63) is 12.8 Å². The summed E-state index contributed by atoms with van der Waals surface area (Å²) in [6.07, 6.45) is 1.80. The molecular formula is C9H15NO3. The Bertz CT molecular complexity index is 197. The summed E-state index contributed by atoms with van der Waals surface area (Å²) in [5.41, 5.74) is -0.521. The van der Waals surface area contributed by atoms with Crippen LogP contribution in [-0.4, -0.2) is 29.4 Å². The predicted octanol–water partition coefficient (Wildman–Crippen LogP) is 0.930. The zero-order valence-corrected chi connectivity index (χ0v) is 8.24. The van der Waals surface area contributed by atoms with Gasteiger partial charge in [-0.25, -0.2) is 0 Å². The minimum atomic E-state index is -0.521. The summed E-state index contributed by atoms with van der Waals surface area (Å²) >= 11 is 0. The maximum absolute atomic E-state index is 11.1.